The molecule has 6 nitrogen and oxygen atoms in total. The number of amides is 1. The summed E-state index contributed by atoms with van der Waals surface area (Å²) in [5, 5.41) is 1.63. The Hall–Kier alpha value is -2.32. The molecule has 3 aromatic heterocycles. The number of carbonyl (C=O) groups excluding carboxylic acids is 1. The molecule has 1 amide bonds. The average Bonchev–Trinajstić information content (AvgIpc) is 3.27. The van der Waals surface area contributed by atoms with Gasteiger partial charge in [-0.05, 0) is 35.7 Å². The van der Waals surface area contributed by atoms with E-state index in [1.807, 2.05) is 0 Å². The molecule has 0 saturated carbocycles. The number of thiophene rings is 1. The number of hydrogen-bond donors (Lipinski definition) is 0. The zero-order chi connectivity index (χ0) is 15.6. The fourth-order valence-corrected chi connectivity index (χ4v) is 4.30. The summed E-state index contributed by atoms with van der Waals surface area (Å²) in [5.74, 6) is -0.429. The van der Waals surface area contributed by atoms with Crippen molar-refractivity contribution in [2.45, 2.75) is 10.8 Å². The molecule has 3 heterocycles. The van der Waals surface area contributed by atoms with Gasteiger partial charge >= 0.3 is 5.91 Å². The SMILES string of the molecule is O=C(c1ccco1)N(Cc1ccco1)S(=O)(=O)c1cccs1. The van der Waals surface area contributed by atoms with Crippen molar-refractivity contribution in [3.8, 4) is 0 Å². The summed E-state index contributed by atoms with van der Waals surface area (Å²) in [5.41, 5.74) is 0. The Bertz CT molecular complexity index is 833. The Balaban J connectivity index is 2.01. The van der Waals surface area contributed by atoms with E-state index in [4.69, 9.17) is 8.83 Å². The number of carbonyl (C=O) groups is 1. The molecule has 114 valence electrons. The van der Waals surface area contributed by atoms with Gasteiger partial charge < -0.3 is 8.83 Å². The number of rotatable bonds is 5. The van der Waals surface area contributed by atoms with Crippen molar-refractivity contribution < 1.29 is 22.0 Å². The summed E-state index contributed by atoms with van der Waals surface area (Å²) in [6.07, 6.45) is 2.73. The van der Waals surface area contributed by atoms with Crippen LogP contribution in [-0.2, 0) is 16.6 Å². The van der Waals surface area contributed by atoms with E-state index >= 15 is 0 Å². The molecule has 3 rings (SSSR count). The lowest BCUT2D eigenvalue weighted by molar-refractivity contribution is 0.0818. The molecule has 0 aliphatic heterocycles. The van der Waals surface area contributed by atoms with Gasteiger partial charge in [0.15, 0.2) is 5.76 Å². The molecule has 3 aromatic rings. The standard InChI is InChI=1S/C14H11NO5S2/c16-14(12-5-2-8-20-12)15(10-11-4-1-7-19-11)22(17,18)13-6-3-9-21-13/h1-9H,10H2. The third kappa shape index (κ3) is 2.70. The van der Waals surface area contributed by atoms with E-state index < -0.39 is 15.9 Å². The summed E-state index contributed by atoms with van der Waals surface area (Å²) in [6, 6.07) is 9.23. The molecule has 0 atom stereocenters. The Kier molecular flexibility index (Phi) is 3.86. The average molecular weight is 337 g/mol. The largest absolute Gasteiger partial charge is 0.467 e. The fourth-order valence-electron chi connectivity index (χ4n) is 1.85. The van der Waals surface area contributed by atoms with Crippen molar-refractivity contribution in [1.29, 1.82) is 0 Å². The van der Waals surface area contributed by atoms with Gasteiger partial charge in [0.25, 0.3) is 10.0 Å². The molecule has 0 radical (unpaired) electrons. The normalized spacial score (nSPS) is 11.5. The Morgan fingerprint density at radius 1 is 1.09 bits per heavy atom. The van der Waals surface area contributed by atoms with Gasteiger partial charge in [-0.2, -0.15) is 0 Å². The zero-order valence-corrected chi connectivity index (χ0v) is 12.8. The monoisotopic (exact) mass is 337 g/mol. The molecule has 0 aromatic carbocycles. The third-order valence-corrected chi connectivity index (χ3v) is 5.98. The molecule has 0 N–H and O–H groups in total. The Morgan fingerprint density at radius 3 is 2.45 bits per heavy atom. The molecular formula is C14H11NO5S2. The smallest absolute Gasteiger partial charge is 0.303 e. The van der Waals surface area contributed by atoms with E-state index in [1.54, 1.807) is 23.6 Å². The third-order valence-electron chi connectivity index (χ3n) is 2.88. The van der Waals surface area contributed by atoms with Gasteiger partial charge in [-0.1, -0.05) is 6.07 Å². The molecule has 22 heavy (non-hydrogen) atoms. The van der Waals surface area contributed by atoms with E-state index in [-0.39, 0.29) is 16.5 Å². The summed E-state index contributed by atoms with van der Waals surface area (Å²) >= 11 is 1.04. The molecule has 0 saturated heterocycles. The van der Waals surface area contributed by atoms with Crippen molar-refractivity contribution in [1.82, 2.24) is 4.31 Å². The first kappa shape index (κ1) is 14.6. The lowest BCUT2D eigenvalue weighted by atomic mass is 10.4. The topological polar surface area (TPSA) is 80.7 Å². The molecule has 0 aliphatic rings. The van der Waals surface area contributed by atoms with Crippen LogP contribution < -0.4 is 0 Å². The number of furan rings is 2. The van der Waals surface area contributed by atoms with Crippen molar-refractivity contribution in [2.24, 2.45) is 0 Å². The second kappa shape index (κ2) is 5.82. The van der Waals surface area contributed by atoms with Crippen molar-refractivity contribution >= 4 is 27.3 Å². The second-order valence-electron chi connectivity index (χ2n) is 4.31. The minimum atomic E-state index is -3.98. The van der Waals surface area contributed by atoms with Gasteiger partial charge in [0.05, 0.1) is 19.1 Å². The second-order valence-corrected chi connectivity index (χ2v) is 7.34. The van der Waals surface area contributed by atoms with Crippen LogP contribution in [0.25, 0.3) is 0 Å². The fraction of sp³-hybridized carbons (Fsp3) is 0.0714. The van der Waals surface area contributed by atoms with Gasteiger partial charge in [0, 0.05) is 0 Å². The molecule has 0 bridgehead atoms. The highest BCUT2D eigenvalue weighted by atomic mass is 32.2. The maximum absolute atomic E-state index is 12.7. The zero-order valence-electron chi connectivity index (χ0n) is 11.2. The molecule has 0 fully saturated rings. The van der Waals surface area contributed by atoms with Gasteiger partial charge in [-0.25, -0.2) is 12.7 Å². The Labute approximate surface area is 130 Å². The molecule has 0 spiro atoms. The highest BCUT2D eigenvalue weighted by molar-refractivity contribution is 7.91. The molecule has 0 aliphatic carbocycles. The Morgan fingerprint density at radius 2 is 1.86 bits per heavy atom. The molecule has 8 heteroatoms. The van der Waals surface area contributed by atoms with Crippen molar-refractivity contribution in [2.75, 3.05) is 0 Å². The number of hydrogen-bond acceptors (Lipinski definition) is 6. The van der Waals surface area contributed by atoms with Crippen LogP contribution in [0.5, 0.6) is 0 Å². The van der Waals surface area contributed by atoms with Crippen LogP contribution in [0, 0.1) is 0 Å². The van der Waals surface area contributed by atoms with E-state index in [0.717, 1.165) is 15.6 Å². The minimum absolute atomic E-state index is 0.0494. The summed E-state index contributed by atoms with van der Waals surface area (Å²) in [4.78, 5) is 12.5. The lowest BCUT2D eigenvalue weighted by Gasteiger charge is -2.19. The lowest BCUT2D eigenvalue weighted by Crippen LogP contribution is -2.35. The summed E-state index contributed by atoms with van der Waals surface area (Å²) < 4.78 is 36.4. The predicted octanol–water partition coefficient (Wildman–Crippen LogP) is 2.97. The van der Waals surface area contributed by atoms with Crippen LogP contribution in [-0.4, -0.2) is 18.6 Å². The molecular weight excluding hydrogens is 326 g/mol. The van der Waals surface area contributed by atoms with E-state index in [1.165, 1.54) is 30.7 Å². The first-order chi connectivity index (χ1) is 10.6. The summed E-state index contributed by atoms with van der Waals surface area (Å²) in [7, 11) is -3.98. The van der Waals surface area contributed by atoms with Gasteiger partial charge in [0.1, 0.15) is 9.97 Å². The van der Waals surface area contributed by atoms with Crippen LogP contribution in [0.3, 0.4) is 0 Å². The van der Waals surface area contributed by atoms with E-state index in [9.17, 15) is 13.2 Å². The maximum atomic E-state index is 12.7. The first-order valence-corrected chi connectivity index (χ1v) is 8.57. The highest BCUT2D eigenvalue weighted by Crippen LogP contribution is 2.24. The minimum Gasteiger partial charge on any atom is -0.467 e. The van der Waals surface area contributed by atoms with Crippen LogP contribution >= 0.6 is 11.3 Å². The van der Waals surface area contributed by atoms with Gasteiger partial charge in [-0.15, -0.1) is 11.3 Å². The van der Waals surface area contributed by atoms with Crippen molar-refractivity contribution in [3.05, 3.63) is 65.8 Å². The first-order valence-electron chi connectivity index (χ1n) is 6.25. The summed E-state index contributed by atoms with van der Waals surface area (Å²) in [6.45, 7) is -0.202. The van der Waals surface area contributed by atoms with Gasteiger partial charge in [-0.3, -0.25) is 4.79 Å². The van der Waals surface area contributed by atoms with Crippen LogP contribution in [0.1, 0.15) is 16.3 Å². The number of nitrogens with zero attached hydrogens (tertiary/aromatic N) is 1. The predicted molar refractivity (Wildman–Crippen MR) is 78.8 cm³/mol. The van der Waals surface area contributed by atoms with Crippen LogP contribution in [0.2, 0.25) is 0 Å². The van der Waals surface area contributed by atoms with Crippen LogP contribution in [0.4, 0.5) is 0 Å². The molecule has 0 unspecified atom stereocenters. The quantitative estimate of drug-likeness (QED) is 0.715. The highest BCUT2D eigenvalue weighted by Gasteiger charge is 2.33. The maximum Gasteiger partial charge on any atom is 0.303 e. The number of sulfonamides is 1. The van der Waals surface area contributed by atoms with E-state index in [0.29, 0.717) is 5.76 Å². The van der Waals surface area contributed by atoms with Crippen molar-refractivity contribution in [3.63, 3.8) is 0 Å². The van der Waals surface area contributed by atoms with E-state index in [2.05, 4.69) is 0 Å². The van der Waals surface area contributed by atoms with Gasteiger partial charge in [0.2, 0.25) is 0 Å². The van der Waals surface area contributed by atoms with Crippen LogP contribution in [0.15, 0.2) is 67.3 Å².